The van der Waals surface area contributed by atoms with E-state index in [4.69, 9.17) is 26.2 Å². The van der Waals surface area contributed by atoms with Crippen molar-refractivity contribution in [3.63, 3.8) is 0 Å². The summed E-state index contributed by atoms with van der Waals surface area (Å²) >= 11 is 8.02. The van der Waals surface area contributed by atoms with Crippen molar-refractivity contribution in [1.29, 1.82) is 0 Å². The summed E-state index contributed by atoms with van der Waals surface area (Å²) in [5.74, 6) is -0.429. The molecule has 3 aromatic rings. The molecule has 164 valence electrons. The highest BCUT2D eigenvalue weighted by atomic mass is 127. The summed E-state index contributed by atoms with van der Waals surface area (Å²) in [4.78, 5) is 27.0. The quantitative estimate of drug-likeness (QED) is 0.181. The molecule has 0 spiro atoms. The summed E-state index contributed by atoms with van der Waals surface area (Å²) in [6, 6.07) is 13.1. The molecule has 0 saturated heterocycles. The molecule has 0 fully saturated rings. The third kappa shape index (κ3) is 5.95. The third-order valence-corrected chi connectivity index (χ3v) is 5.32. The number of nitrogens with one attached hydrogen (secondary N) is 1. The second-order valence-corrected chi connectivity index (χ2v) is 7.89. The van der Waals surface area contributed by atoms with Gasteiger partial charge in [-0.15, -0.1) is 0 Å². The van der Waals surface area contributed by atoms with Crippen LogP contribution in [0.2, 0.25) is 5.15 Å². The van der Waals surface area contributed by atoms with Crippen molar-refractivity contribution in [3.05, 3.63) is 85.7 Å². The van der Waals surface area contributed by atoms with E-state index in [9.17, 15) is 9.59 Å². The zero-order chi connectivity index (χ0) is 23.1. The summed E-state index contributed by atoms with van der Waals surface area (Å²) < 4.78 is 12.1. The Morgan fingerprint density at radius 1 is 1.25 bits per heavy atom. The Bertz CT molecular complexity index is 1170. The van der Waals surface area contributed by atoms with Crippen LogP contribution in [-0.2, 0) is 6.61 Å². The standard InChI is InChI=1S/C22H17ClIN3O5/c1-31-18-10-14(11-26-27-21(28)16-3-2-8-25-20(16)23)9-17(24)19(18)32-12-13-4-6-15(7-5-13)22(29)30/h2-11H,12H2,1H3,(H,27,28)(H,29,30). The van der Waals surface area contributed by atoms with Gasteiger partial charge in [0.2, 0.25) is 0 Å². The Morgan fingerprint density at radius 3 is 2.66 bits per heavy atom. The van der Waals surface area contributed by atoms with Crippen LogP contribution in [0.5, 0.6) is 11.5 Å². The first-order valence-corrected chi connectivity index (χ1v) is 10.6. The molecule has 0 saturated carbocycles. The van der Waals surface area contributed by atoms with E-state index in [0.717, 1.165) is 9.13 Å². The highest BCUT2D eigenvalue weighted by Gasteiger charge is 2.13. The lowest BCUT2D eigenvalue weighted by Crippen LogP contribution is -2.18. The van der Waals surface area contributed by atoms with Gasteiger partial charge in [0.15, 0.2) is 11.5 Å². The molecule has 0 unspecified atom stereocenters. The largest absolute Gasteiger partial charge is 0.493 e. The average Bonchev–Trinajstić information content (AvgIpc) is 2.78. The van der Waals surface area contributed by atoms with Crippen molar-refractivity contribution in [2.45, 2.75) is 6.61 Å². The predicted octanol–water partition coefficient (Wildman–Crippen LogP) is 4.39. The molecule has 0 atom stereocenters. The van der Waals surface area contributed by atoms with Crippen molar-refractivity contribution in [2.75, 3.05) is 7.11 Å². The number of carboxylic acids is 1. The van der Waals surface area contributed by atoms with Crippen molar-refractivity contribution < 1.29 is 24.2 Å². The van der Waals surface area contributed by atoms with Crippen LogP contribution in [-0.4, -0.2) is 35.3 Å². The molecule has 1 amide bonds. The van der Waals surface area contributed by atoms with Gasteiger partial charge < -0.3 is 14.6 Å². The zero-order valence-electron chi connectivity index (χ0n) is 16.7. The Balaban J connectivity index is 1.69. The minimum Gasteiger partial charge on any atom is -0.493 e. The van der Waals surface area contributed by atoms with Gasteiger partial charge in [0.1, 0.15) is 11.8 Å². The van der Waals surface area contributed by atoms with Crippen LogP contribution >= 0.6 is 34.2 Å². The topological polar surface area (TPSA) is 110 Å². The fourth-order valence-electron chi connectivity index (χ4n) is 2.63. The first kappa shape index (κ1) is 23.5. The lowest BCUT2D eigenvalue weighted by Gasteiger charge is -2.13. The van der Waals surface area contributed by atoms with Gasteiger partial charge in [-0.3, -0.25) is 4.79 Å². The second kappa shape index (κ2) is 10.9. The zero-order valence-corrected chi connectivity index (χ0v) is 19.6. The Kier molecular flexibility index (Phi) is 8.01. The molecule has 2 aromatic carbocycles. The number of halogens is 2. The van der Waals surface area contributed by atoms with Crippen LogP contribution in [0.1, 0.15) is 31.8 Å². The number of pyridine rings is 1. The SMILES string of the molecule is COc1cc(C=NNC(=O)c2cccnc2Cl)cc(I)c1OCc1ccc(C(=O)O)cc1. The van der Waals surface area contributed by atoms with Crippen LogP contribution in [0.25, 0.3) is 0 Å². The van der Waals surface area contributed by atoms with Crippen LogP contribution in [0.4, 0.5) is 0 Å². The van der Waals surface area contributed by atoms with Crippen molar-refractivity contribution in [2.24, 2.45) is 5.10 Å². The number of ether oxygens (including phenoxy) is 2. The number of aromatic carboxylic acids is 1. The number of carboxylic acid groups (broad SMARTS) is 1. The molecule has 1 heterocycles. The van der Waals surface area contributed by atoms with Gasteiger partial charge in [0, 0.05) is 6.20 Å². The third-order valence-electron chi connectivity index (χ3n) is 4.22. The number of hydrogen-bond donors (Lipinski definition) is 2. The lowest BCUT2D eigenvalue weighted by molar-refractivity contribution is 0.0696. The highest BCUT2D eigenvalue weighted by molar-refractivity contribution is 14.1. The van der Waals surface area contributed by atoms with Gasteiger partial charge in [-0.05, 0) is 70.1 Å². The van der Waals surface area contributed by atoms with Gasteiger partial charge in [0.25, 0.3) is 5.91 Å². The molecule has 3 rings (SSSR count). The van der Waals surface area contributed by atoms with Gasteiger partial charge in [-0.25, -0.2) is 15.2 Å². The number of benzene rings is 2. The Hall–Kier alpha value is -3.18. The molecule has 0 radical (unpaired) electrons. The summed E-state index contributed by atoms with van der Waals surface area (Å²) in [7, 11) is 1.52. The average molecular weight is 566 g/mol. The second-order valence-electron chi connectivity index (χ2n) is 6.37. The molecule has 0 aliphatic rings. The Morgan fingerprint density at radius 2 is 2.00 bits per heavy atom. The van der Waals surface area contributed by atoms with Crippen LogP contribution < -0.4 is 14.9 Å². The maximum Gasteiger partial charge on any atom is 0.335 e. The summed E-state index contributed by atoms with van der Waals surface area (Å²) in [6.45, 7) is 0.238. The van der Waals surface area contributed by atoms with E-state index >= 15 is 0 Å². The number of carbonyl (C=O) groups is 2. The molecule has 8 nitrogen and oxygen atoms in total. The number of aromatic nitrogens is 1. The lowest BCUT2D eigenvalue weighted by atomic mass is 10.1. The molecule has 10 heteroatoms. The van der Waals surface area contributed by atoms with E-state index in [1.54, 1.807) is 30.3 Å². The fourth-order valence-corrected chi connectivity index (χ4v) is 3.62. The number of rotatable bonds is 8. The minimum atomic E-state index is -0.981. The maximum absolute atomic E-state index is 12.2. The number of hydrogen-bond acceptors (Lipinski definition) is 6. The molecular weight excluding hydrogens is 549 g/mol. The summed E-state index contributed by atoms with van der Waals surface area (Å²) in [5, 5.41) is 13.0. The molecule has 0 aliphatic heterocycles. The summed E-state index contributed by atoms with van der Waals surface area (Å²) in [6.07, 6.45) is 2.96. The molecule has 32 heavy (non-hydrogen) atoms. The maximum atomic E-state index is 12.2. The highest BCUT2D eigenvalue weighted by Crippen LogP contribution is 2.34. The molecule has 0 aliphatic carbocycles. The van der Waals surface area contributed by atoms with Gasteiger partial charge >= 0.3 is 5.97 Å². The number of carbonyl (C=O) groups excluding carboxylic acids is 1. The van der Waals surface area contributed by atoms with Crippen molar-refractivity contribution in [3.8, 4) is 11.5 Å². The smallest absolute Gasteiger partial charge is 0.335 e. The first-order chi connectivity index (χ1) is 15.4. The fraction of sp³-hybridized carbons (Fsp3) is 0.0909. The molecule has 0 bridgehead atoms. The van der Waals surface area contributed by atoms with Crippen molar-refractivity contribution in [1.82, 2.24) is 10.4 Å². The van der Waals surface area contributed by atoms with E-state index in [0.29, 0.717) is 17.1 Å². The number of methoxy groups -OCH3 is 1. The van der Waals surface area contributed by atoms with Crippen LogP contribution in [0.3, 0.4) is 0 Å². The number of nitrogens with zero attached hydrogens (tertiary/aromatic N) is 2. The number of amides is 1. The molecular formula is C22H17ClIN3O5. The monoisotopic (exact) mass is 565 g/mol. The number of hydrazone groups is 1. The van der Waals surface area contributed by atoms with E-state index in [-0.39, 0.29) is 22.9 Å². The van der Waals surface area contributed by atoms with Gasteiger partial charge in [-0.1, -0.05) is 23.7 Å². The van der Waals surface area contributed by atoms with E-state index in [2.05, 4.69) is 38.1 Å². The van der Waals surface area contributed by atoms with E-state index in [1.165, 1.54) is 31.7 Å². The Labute approximate surface area is 202 Å². The first-order valence-electron chi connectivity index (χ1n) is 9.15. The molecule has 2 N–H and O–H groups in total. The van der Waals surface area contributed by atoms with E-state index in [1.807, 2.05) is 6.07 Å². The molecule has 1 aromatic heterocycles. The van der Waals surface area contributed by atoms with Crippen LogP contribution in [0, 0.1) is 3.57 Å². The predicted molar refractivity (Wildman–Crippen MR) is 128 cm³/mol. The van der Waals surface area contributed by atoms with E-state index < -0.39 is 11.9 Å². The van der Waals surface area contributed by atoms with Crippen molar-refractivity contribution >= 4 is 52.3 Å². The minimum absolute atomic E-state index is 0.0931. The van der Waals surface area contributed by atoms with Gasteiger partial charge in [-0.2, -0.15) is 5.10 Å². The van der Waals surface area contributed by atoms with Gasteiger partial charge in [0.05, 0.1) is 28.0 Å². The summed E-state index contributed by atoms with van der Waals surface area (Å²) in [5.41, 5.74) is 4.34. The van der Waals surface area contributed by atoms with Crippen LogP contribution in [0.15, 0.2) is 59.8 Å². The normalized spacial score (nSPS) is 10.7.